The molecule has 1 aliphatic heterocycles. The van der Waals surface area contributed by atoms with Gasteiger partial charge in [-0.15, -0.1) is 47.4 Å². The minimum Gasteiger partial charge on any atom is -0.498 e. The van der Waals surface area contributed by atoms with Gasteiger partial charge in [0.05, 0.1) is 0 Å². The van der Waals surface area contributed by atoms with Gasteiger partial charge in [-0.2, -0.15) is 18.2 Å². The van der Waals surface area contributed by atoms with Gasteiger partial charge in [0.2, 0.25) is 0 Å². The molecule has 4 nitrogen and oxygen atoms in total. The maximum atomic E-state index is 4.41. The molecule has 1 aliphatic rings. The number of hydrogen-bond acceptors (Lipinski definition) is 3. The Morgan fingerprint density at radius 3 is 2.15 bits per heavy atom. The van der Waals surface area contributed by atoms with Gasteiger partial charge in [-0.3, -0.25) is 0 Å². The summed E-state index contributed by atoms with van der Waals surface area (Å²) < 4.78 is 2.41. The average molecular weight is 772 g/mol. The number of rotatable bonds is 3. The number of para-hydroxylation sites is 3. The SMILES string of the molecule is Cc1c[c-]c(-c2cc(C)c(C)cn2)cc1.[Ir+3].[c-]1ccc2c3cccc4c5ccccc5n(c2c1N1C=CN(c2ccccc2)[CH-]1)c43. The molecular weight excluding hydrogens is 741 g/mol. The molecule has 0 radical (unpaired) electrons. The molecule has 0 spiro atoms. The first-order valence-corrected chi connectivity index (χ1v) is 15.2. The Morgan fingerprint density at radius 2 is 1.37 bits per heavy atom. The Morgan fingerprint density at radius 1 is 0.652 bits per heavy atom. The maximum absolute atomic E-state index is 4.41. The first-order chi connectivity index (χ1) is 22.1. The Labute approximate surface area is 282 Å². The topological polar surface area (TPSA) is 23.8 Å². The molecule has 0 unspecified atom stereocenters. The summed E-state index contributed by atoms with van der Waals surface area (Å²) in [7, 11) is 0. The molecule has 0 saturated heterocycles. The largest absolute Gasteiger partial charge is 3.00 e. The van der Waals surface area contributed by atoms with Crippen molar-refractivity contribution in [3.63, 3.8) is 0 Å². The molecular formula is C41H31IrN4. The van der Waals surface area contributed by atoms with E-state index >= 15 is 0 Å². The third-order valence-electron chi connectivity index (χ3n) is 8.72. The zero-order chi connectivity index (χ0) is 30.5. The summed E-state index contributed by atoms with van der Waals surface area (Å²) in [6.07, 6.45) is 6.11. The van der Waals surface area contributed by atoms with Gasteiger partial charge in [0, 0.05) is 33.7 Å². The Bertz CT molecular complexity index is 2340. The van der Waals surface area contributed by atoms with Crippen LogP contribution >= 0.6 is 0 Å². The van der Waals surface area contributed by atoms with Gasteiger partial charge >= 0.3 is 20.1 Å². The van der Waals surface area contributed by atoms with E-state index in [4.69, 9.17) is 0 Å². The molecule has 0 aliphatic carbocycles. The van der Waals surface area contributed by atoms with Crippen molar-refractivity contribution in [1.29, 1.82) is 0 Å². The number of hydrogen-bond donors (Lipinski definition) is 0. The van der Waals surface area contributed by atoms with Crippen LogP contribution in [0.5, 0.6) is 0 Å². The Balaban J connectivity index is 0.000000180. The molecule has 4 heterocycles. The van der Waals surface area contributed by atoms with Crippen molar-refractivity contribution in [2.45, 2.75) is 20.8 Å². The number of anilines is 2. The molecule has 0 atom stereocenters. The summed E-state index contributed by atoms with van der Waals surface area (Å²) in [6.45, 7) is 8.36. The molecule has 0 N–H and O–H groups in total. The van der Waals surface area contributed by atoms with Crippen molar-refractivity contribution in [1.82, 2.24) is 9.38 Å². The van der Waals surface area contributed by atoms with Crippen molar-refractivity contribution in [3.05, 3.63) is 163 Å². The Kier molecular flexibility index (Phi) is 7.82. The third kappa shape index (κ3) is 5.02. The van der Waals surface area contributed by atoms with Gasteiger partial charge in [-0.25, -0.2) is 0 Å². The number of aryl methyl sites for hydroxylation is 3. The number of pyridine rings is 1. The fourth-order valence-electron chi connectivity index (χ4n) is 6.26. The van der Waals surface area contributed by atoms with E-state index in [2.05, 4.69) is 162 Å². The van der Waals surface area contributed by atoms with Crippen LogP contribution in [0.4, 0.5) is 11.4 Å². The molecule has 5 aromatic carbocycles. The predicted octanol–water partition coefficient (Wildman–Crippen LogP) is 10.0. The summed E-state index contributed by atoms with van der Waals surface area (Å²) in [5.74, 6) is 0. The van der Waals surface area contributed by atoms with Crippen LogP contribution in [-0.2, 0) is 20.1 Å². The van der Waals surface area contributed by atoms with Crippen molar-refractivity contribution in [2.75, 3.05) is 9.80 Å². The average Bonchev–Trinajstić information content (AvgIpc) is 3.80. The van der Waals surface area contributed by atoms with Crippen LogP contribution in [0.2, 0.25) is 0 Å². The van der Waals surface area contributed by atoms with Crippen LogP contribution in [-0.4, -0.2) is 9.38 Å². The minimum absolute atomic E-state index is 0. The van der Waals surface area contributed by atoms with Crippen molar-refractivity contribution >= 4 is 49.5 Å². The standard InChI is InChI=1S/C27H17N3.C14H14N.Ir/c1-2-8-19(9-3-1)28-16-17-29(18-28)25-15-7-13-23-22-12-6-11-21-20-10-4-5-14-24(20)30(26(21)22)27(23)25;1-10-4-6-13(7-5-10)14-8-11(2)12(3)9-15-14;/h1-14,16-18H;4-6,8-9H,1-3H3;/q-2;-1;+3. The Hall–Kier alpha value is -4.96. The second-order valence-corrected chi connectivity index (χ2v) is 11.6. The normalized spacial score (nSPS) is 12.7. The zero-order valence-electron chi connectivity index (χ0n) is 25.8. The number of benzene rings is 5. The molecule has 8 aromatic rings. The third-order valence-corrected chi connectivity index (χ3v) is 8.72. The van der Waals surface area contributed by atoms with Crippen molar-refractivity contribution < 1.29 is 20.1 Å². The quantitative estimate of drug-likeness (QED) is 0.167. The molecule has 0 saturated carbocycles. The molecule has 224 valence electrons. The minimum atomic E-state index is 0. The maximum Gasteiger partial charge on any atom is 3.00 e. The first-order valence-electron chi connectivity index (χ1n) is 15.2. The number of fused-ring (bicyclic) bond motifs is 6. The van der Waals surface area contributed by atoms with Crippen LogP contribution in [0.15, 0.2) is 128 Å². The first kappa shape index (κ1) is 29.7. The summed E-state index contributed by atoms with van der Waals surface area (Å²) in [5.41, 5.74) is 11.7. The molecule has 5 heteroatoms. The summed E-state index contributed by atoms with van der Waals surface area (Å²) >= 11 is 0. The monoisotopic (exact) mass is 772 g/mol. The van der Waals surface area contributed by atoms with Crippen LogP contribution in [0.25, 0.3) is 49.4 Å². The fraction of sp³-hybridized carbons (Fsp3) is 0.0732. The van der Waals surface area contributed by atoms with Crippen molar-refractivity contribution in [2.24, 2.45) is 0 Å². The smallest absolute Gasteiger partial charge is 0.498 e. The second kappa shape index (κ2) is 12.1. The summed E-state index contributed by atoms with van der Waals surface area (Å²) in [6, 6.07) is 44.9. The van der Waals surface area contributed by atoms with Gasteiger partial charge in [-0.1, -0.05) is 78.8 Å². The van der Waals surface area contributed by atoms with Crippen molar-refractivity contribution in [3.8, 4) is 11.3 Å². The van der Waals surface area contributed by atoms with E-state index in [1.807, 2.05) is 24.4 Å². The fourth-order valence-corrected chi connectivity index (χ4v) is 6.26. The van der Waals surface area contributed by atoms with Crippen LogP contribution in [0.3, 0.4) is 0 Å². The zero-order valence-corrected chi connectivity index (χ0v) is 28.2. The summed E-state index contributed by atoms with van der Waals surface area (Å²) in [4.78, 5) is 8.71. The van der Waals surface area contributed by atoms with Crippen LogP contribution < -0.4 is 9.80 Å². The molecule has 9 rings (SSSR count). The van der Waals surface area contributed by atoms with Gasteiger partial charge in [0.15, 0.2) is 0 Å². The molecule has 0 amide bonds. The van der Waals surface area contributed by atoms with E-state index in [-0.39, 0.29) is 20.1 Å². The van der Waals surface area contributed by atoms with Gasteiger partial charge in [0.1, 0.15) is 0 Å². The van der Waals surface area contributed by atoms with E-state index in [1.54, 1.807) is 0 Å². The van der Waals surface area contributed by atoms with Crippen LogP contribution in [0, 0.1) is 39.6 Å². The molecule has 0 fully saturated rings. The summed E-state index contributed by atoms with van der Waals surface area (Å²) in [5, 5.41) is 5.14. The predicted molar refractivity (Wildman–Crippen MR) is 187 cm³/mol. The van der Waals surface area contributed by atoms with Gasteiger partial charge in [0.25, 0.3) is 0 Å². The second-order valence-electron chi connectivity index (χ2n) is 11.6. The van der Waals surface area contributed by atoms with E-state index in [9.17, 15) is 0 Å². The number of aromatic nitrogens is 2. The van der Waals surface area contributed by atoms with Gasteiger partial charge < -0.3 is 19.2 Å². The molecule has 3 aromatic heterocycles. The van der Waals surface area contributed by atoms with E-state index in [0.29, 0.717) is 0 Å². The van der Waals surface area contributed by atoms with E-state index < -0.39 is 0 Å². The van der Waals surface area contributed by atoms with Gasteiger partial charge in [-0.05, 0) is 66.6 Å². The van der Waals surface area contributed by atoms with Crippen LogP contribution in [0.1, 0.15) is 16.7 Å². The van der Waals surface area contributed by atoms with E-state index in [1.165, 1.54) is 54.8 Å². The molecule has 0 bridgehead atoms. The van der Waals surface area contributed by atoms with E-state index in [0.717, 1.165) is 22.6 Å². The molecule has 46 heavy (non-hydrogen) atoms. The number of nitrogens with zero attached hydrogens (tertiary/aromatic N) is 4.